The highest BCUT2D eigenvalue weighted by Gasteiger charge is 2.48. The number of allylic oxidation sites excluding steroid dienone is 6. The predicted octanol–water partition coefficient (Wildman–Crippen LogP) is 7.07. The molecule has 1 saturated heterocycles. The summed E-state index contributed by atoms with van der Waals surface area (Å²) in [5.41, 5.74) is 0. The first kappa shape index (κ1) is 48.3. The fourth-order valence-electron chi connectivity index (χ4n) is 5.80. The molecule has 0 amide bonds. The smallest absolute Gasteiger partial charge is 0.397 e. The van der Waals surface area contributed by atoms with Crippen molar-refractivity contribution in [2.75, 3.05) is 26.4 Å². The summed E-state index contributed by atoms with van der Waals surface area (Å²) in [6, 6.07) is 0. The highest BCUT2D eigenvalue weighted by atomic mass is 32.3. The van der Waals surface area contributed by atoms with Gasteiger partial charge < -0.3 is 34.3 Å². The molecule has 0 aromatic heterocycles. The van der Waals surface area contributed by atoms with Gasteiger partial charge >= 0.3 is 16.4 Å². The zero-order chi connectivity index (χ0) is 38.3. The van der Waals surface area contributed by atoms with E-state index < -0.39 is 59.8 Å². The molecule has 0 spiro atoms. The molecule has 1 heterocycles. The lowest BCUT2D eigenvalue weighted by Gasteiger charge is -2.41. The Morgan fingerprint density at radius 1 is 0.750 bits per heavy atom. The largest absolute Gasteiger partial charge is 0.457 e. The average molecular weight is 763 g/mol. The zero-order valence-corrected chi connectivity index (χ0v) is 32.7. The van der Waals surface area contributed by atoms with Crippen LogP contribution in [0.5, 0.6) is 0 Å². The van der Waals surface area contributed by atoms with Gasteiger partial charge in [0, 0.05) is 13.0 Å². The van der Waals surface area contributed by atoms with Gasteiger partial charge in [-0.2, -0.15) is 8.42 Å². The number of carbonyl (C=O) groups excluding carboxylic acids is 1. The van der Waals surface area contributed by atoms with Crippen LogP contribution in [0.1, 0.15) is 142 Å². The van der Waals surface area contributed by atoms with Crippen LogP contribution in [0.2, 0.25) is 0 Å². The molecule has 0 aromatic rings. The van der Waals surface area contributed by atoms with E-state index in [9.17, 15) is 28.5 Å². The monoisotopic (exact) mass is 762 g/mol. The molecular formula is C39H70O12S. The van der Waals surface area contributed by atoms with Crippen molar-refractivity contribution in [2.24, 2.45) is 0 Å². The molecule has 0 aliphatic carbocycles. The Balaban J connectivity index is 2.42. The van der Waals surface area contributed by atoms with Crippen LogP contribution < -0.4 is 0 Å². The predicted molar refractivity (Wildman–Crippen MR) is 202 cm³/mol. The fourth-order valence-corrected chi connectivity index (χ4v) is 6.31. The highest BCUT2D eigenvalue weighted by Crippen LogP contribution is 2.26. The van der Waals surface area contributed by atoms with Gasteiger partial charge in [-0.05, 0) is 44.9 Å². The molecule has 13 heteroatoms. The number of esters is 1. The summed E-state index contributed by atoms with van der Waals surface area (Å²) < 4.78 is 58.7. The van der Waals surface area contributed by atoms with Crippen molar-refractivity contribution in [1.29, 1.82) is 0 Å². The molecule has 0 bridgehead atoms. The summed E-state index contributed by atoms with van der Waals surface area (Å²) in [6.45, 7) is 3.79. The number of unbranched alkanes of at least 4 members (excludes halogenated alkanes) is 14. The van der Waals surface area contributed by atoms with Gasteiger partial charge in [-0.15, -0.1) is 0 Å². The van der Waals surface area contributed by atoms with Crippen molar-refractivity contribution in [1.82, 2.24) is 0 Å². The SMILES string of the molecule is CC/C=C\C/C=C\C/C=C\CCCCCCCCCCOCC(COC1OC(CO)C(O)C(OS(=O)(=O)O)C1O)OC(=O)CCCCCCCCC. The van der Waals surface area contributed by atoms with E-state index in [2.05, 4.69) is 54.5 Å². The quantitative estimate of drug-likeness (QED) is 0.0232. The van der Waals surface area contributed by atoms with Gasteiger partial charge in [0.25, 0.3) is 0 Å². The molecule has 1 rings (SSSR count). The van der Waals surface area contributed by atoms with Crippen molar-refractivity contribution in [2.45, 2.75) is 179 Å². The van der Waals surface area contributed by atoms with Crippen LogP contribution in [0.3, 0.4) is 0 Å². The average Bonchev–Trinajstić information content (AvgIpc) is 3.11. The number of carbonyl (C=O) groups is 1. The third kappa shape index (κ3) is 25.4. The van der Waals surface area contributed by atoms with Crippen LogP contribution in [0.15, 0.2) is 36.5 Å². The number of aliphatic hydroxyl groups is 3. The van der Waals surface area contributed by atoms with Crippen molar-refractivity contribution in [3.05, 3.63) is 36.5 Å². The molecule has 4 N–H and O–H groups in total. The molecular weight excluding hydrogens is 692 g/mol. The highest BCUT2D eigenvalue weighted by molar-refractivity contribution is 7.80. The first-order chi connectivity index (χ1) is 25.1. The van der Waals surface area contributed by atoms with Gasteiger partial charge in [0.15, 0.2) is 6.29 Å². The Bertz CT molecular complexity index is 1060. The van der Waals surface area contributed by atoms with E-state index in [0.29, 0.717) is 13.0 Å². The molecule has 304 valence electrons. The van der Waals surface area contributed by atoms with Crippen molar-refractivity contribution >= 4 is 16.4 Å². The van der Waals surface area contributed by atoms with E-state index in [0.717, 1.165) is 64.2 Å². The summed E-state index contributed by atoms with van der Waals surface area (Å²) in [5, 5.41) is 30.5. The lowest BCUT2D eigenvalue weighted by atomic mass is 9.99. The van der Waals surface area contributed by atoms with Crippen LogP contribution >= 0.6 is 0 Å². The zero-order valence-electron chi connectivity index (χ0n) is 31.9. The number of ether oxygens (including phenoxy) is 4. The van der Waals surface area contributed by atoms with E-state index in [1.54, 1.807) is 0 Å². The molecule has 1 aliphatic heterocycles. The van der Waals surface area contributed by atoms with E-state index in [1.807, 2.05) is 0 Å². The summed E-state index contributed by atoms with van der Waals surface area (Å²) in [5.74, 6) is -0.411. The van der Waals surface area contributed by atoms with E-state index in [1.165, 1.54) is 51.4 Å². The van der Waals surface area contributed by atoms with Crippen LogP contribution in [-0.2, 0) is 38.3 Å². The third-order valence-corrected chi connectivity index (χ3v) is 9.24. The maximum absolute atomic E-state index is 12.7. The fraction of sp³-hybridized carbons (Fsp3) is 0.821. The molecule has 52 heavy (non-hydrogen) atoms. The third-order valence-electron chi connectivity index (χ3n) is 8.78. The molecule has 6 unspecified atom stereocenters. The Kier molecular flexibility index (Phi) is 29.4. The van der Waals surface area contributed by atoms with Gasteiger partial charge in [0.05, 0.1) is 19.8 Å². The lowest BCUT2D eigenvalue weighted by Crippen LogP contribution is -2.60. The topological polar surface area (TPSA) is 178 Å². The second kappa shape index (κ2) is 31.6. The summed E-state index contributed by atoms with van der Waals surface area (Å²) >= 11 is 0. The Labute approximate surface area is 313 Å². The van der Waals surface area contributed by atoms with E-state index in [-0.39, 0.29) is 19.6 Å². The van der Waals surface area contributed by atoms with Gasteiger partial charge in [-0.25, -0.2) is 4.18 Å². The Hall–Kier alpha value is -1.68. The van der Waals surface area contributed by atoms with E-state index >= 15 is 0 Å². The number of rotatable bonds is 33. The molecule has 1 fully saturated rings. The Morgan fingerprint density at radius 2 is 1.33 bits per heavy atom. The minimum atomic E-state index is -5.05. The normalized spacial score (nSPS) is 21.8. The first-order valence-corrected chi connectivity index (χ1v) is 21.1. The molecule has 6 atom stereocenters. The van der Waals surface area contributed by atoms with Crippen LogP contribution in [0.25, 0.3) is 0 Å². The summed E-state index contributed by atoms with van der Waals surface area (Å²) in [6.07, 6.45) is 25.0. The van der Waals surface area contributed by atoms with Crippen LogP contribution in [0.4, 0.5) is 0 Å². The number of hydrogen-bond acceptors (Lipinski definition) is 11. The first-order valence-electron chi connectivity index (χ1n) is 19.7. The molecule has 0 radical (unpaired) electrons. The second-order valence-corrected chi connectivity index (χ2v) is 14.5. The van der Waals surface area contributed by atoms with Crippen LogP contribution in [-0.4, -0.2) is 97.5 Å². The second-order valence-electron chi connectivity index (χ2n) is 13.5. The van der Waals surface area contributed by atoms with Gasteiger partial charge in [-0.3, -0.25) is 9.35 Å². The minimum absolute atomic E-state index is 0.0314. The van der Waals surface area contributed by atoms with Crippen LogP contribution in [0, 0.1) is 0 Å². The maximum Gasteiger partial charge on any atom is 0.397 e. The number of aliphatic hydroxyl groups excluding tert-OH is 3. The van der Waals surface area contributed by atoms with Gasteiger partial charge in [0.1, 0.15) is 30.5 Å². The summed E-state index contributed by atoms with van der Waals surface area (Å²) in [7, 11) is -5.05. The lowest BCUT2D eigenvalue weighted by molar-refractivity contribution is -0.301. The Morgan fingerprint density at radius 3 is 1.94 bits per heavy atom. The van der Waals surface area contributed by atoms with Crippen molar-refractivity contribution in [3.63, 3.8) is 0 Å². The van der Waals surface area contributed by atoms with Gasteiger partial charge in [0.2, 0.25) is 0 Å². The minimum Gasteiger partial charge on any atom is -0.457 e. The molecule has 0 aromatic carbocycles. The van der Waals surface area contributed by atoms with E-state index in [4.69, 9.17) is 23.5 Å². The van der Waals surface area contributed by atoms with Crippen molar-refractivity contribution in [3.8, 4) is 0 Å². The molecule has 0 saturated carbocycles. The molecule has 12 nitrogen and oxygen atoms in total. The maximum atomic E-state index is 12.7. The van der Waals surface area contributed by atoms with Crippen molar-refractivity contribution < 1.29 is 56.2 Å². The summed E-state index contributed by atoms with van der Waals surface area (Å²) in [4.78, 5) is 12.7. The standard InChI is InChI=1S/C39H70O12S/c1-3-5-7-9-11-12-13-14-15-16-17-18-19-20-21-23-25-27-29-47-31-33(49-35(41)28-26-24-22-10-8-6-4-2)32-48-39-37(43)38(51-52(44,45)46)36(42)34(30-40)50-39/h5,7,11-12,14-15,33-34,36-40,42-43H,3-4,6,8-10,13,16-32H2,1-2H3,(H,44,45,46)/b7-5-,12-11-,15-14-. The number of hydrogen-bond donors (Lipinski definition) is 4. The molecule has 1 aliphatic rings. The van der Waals surface area contributed by atoms with Gasteiger partial charge in [-0.1, -0.05) is 127 Å².